The van der Waals surface area contributed by atoms with Crippen molar-refractivity contribution in [2.75, 3.05) is 23.4 Å². The summed E-state index contributed by atoms with van der Waals surface area (Å²) in [4.78, 5) is 11.9. The number of rotatable bonds is 9. The summed E-state index contributed by atoms with van der Waals surface area (Å²) in [6.45, 7) is 7.10. The number of halogens is 1. The standard InChI is InChI=1S/C13H20ClN3OS/c1-3-5-7-17-13(18)12(14)11(10-16-17)15-6-9-19-8-4-2/h4,10,15H,2-3,5-9H2,1H3. The fraction of sp³-hybridized carbons (Fsp3) is 0.538. The van der Waals surface area contributed by atoms with Crippen LogP contribution in [0.4, 0.5) is 5.69 Å². The Morgan fingerprint density at radius 2 is 2.42 bits per heavy atom. The van der Waals surface area contributed by atoms with E-state index in [1.54, 1.807) is 18.0 Å². The molecule has 0 aliphatic rings. The van der Waals surface area contributed by atoms with Crippen LogP contribution < -0.4 is 10.9 Å². The molecule has 1 N–H and O–H groups in total. The molecule has 0 atom stereocenters. The minimum absolute atomic E-state index is 0.222. The molecule has 106 valence electrons. The SMILES string of the molecule is C=CCSCCNc1cnn(CCCC)c(=O)c1Cl. The van der Waals surface area contributed by atoms with Gasteiger partial charge in [-0.3, -0.25) is 4.79 Å². The number of nitrogens with zero attached hydrogens (tertiary/aromatic N) is 2. The highest BCUT2D eigenvalue weighted by atomic mass is 35.5. The van der Waals surface area contributed by atoms with Gasteiger partial charge in [-0.05, 0) is 6.42 Å². The Balaban J connectivity index is 2.58. The normalized spacial score (nSPS) is 10.4. The van der Waals surface area contributed by atoms with Gasteiger partial charge in [-0.25, -0.2) is 4.68 Å². The molecule has 0 spiro atoms. The van der Waals surface area contributed by atoms with Gasteiger partial charge in [0.1, 0.15) is 5.02 Å². The fourth-order valence-corrected chi connectivity index (χ4v) is 2.27. The minimum Gasteiger partial charge on any atom is -0.382 e. The van der Waals surface area contributed by atoms with Crippen molar-refractivity contribution in [2.24, 2.45) is 0 Å². The van der Waals surface area contributed by atoms with Crippen molar-refractivity contribution >= 4 is 29.1 Å². The summed E-state index contributed by atoms with van der Waals surface area (Å²) in [5.41, 5.74) is 0.387. The highest BCUT2D eigenvalue weighted by molar-refractivity contribution is 7.99. The Hall–Kier alpha value is -0.940. The predicted molar refractivity (Wildman–Crippen MR) is 84.4 cm³/mol. The number of hydrogen-bond donors (Lipinski definition) is 1. The van der Waals surface area contributed by atoms with Crippen LogP contribution in [0.5, 0.6) is 0 Å². The third kappa shape index (κ3) is 5.28. The summed E-state index contributed by atoms with van der Waals surface area (Å²) < 4.78 is 1.42. The molecular weight excluding hydrogens is 282 g/mol. The van der Waals surface area contributed by atoms with Crippen LogP contribution in [-0.2, 0) is 6.54 Å². The molecule has 0 radical (unpaired) electrons. The summed E-state index contributed by atoms with van der Waals surface area (Å²) in [5, 5.41) is 7.48. The van der Waals surface area contributed by atoms with Crippen molar-refractivity contribution in [3.8, 4) is 0 Å². The Morgan fingerprint density at radius 1 is 1.63 bits per heavy atom. The van der Waals surface area contributed by atoms with Crippen molar-refractivity contribution < 1.29 is 0 Å². The number of aromatic nitrogens is 2. The molecule has 1 rings (SSSR count). The number of thioether (sulfide) groups is 1. The molecule has 19 heavy (non-hydrogen) atoms. The second-order valence-corrected chi connectivity index (χ2v) is 5.57. The number of unbranched alkanes of at least 4 members (excludes halogenated alkanes) is 1. The van der Waals surface area contributed by atoms with Gasteiger partial charge in [0.25, 0.3) is 5.56 Å². The number of anilines is 1. The maximum absolute atomic E-state index is 11.9. The molecule has 0 aliphatic carbocycles. The quantitative estimate of drug-likeness (QED) is 0.562. The summed E-state index contributed by atoms with van der Waals surface area (Å²) in [7, 11) is 0. The molecule has 0 aromatic carbocycles. The molecule has 1 aromatic rings. The Kier molecular flexibility index (Phi) is 7.67. The number of hydrogen-bond acceptors (Lipinski definition) is 4. The second-order valence-electron chi connectivity index (χ2n) is 4.04. The molecule has 0 unspecified atom stereocenters. The maximum Gasteiger partial charge on any atom is 0.287 e. The third-order valence-corrected chi connectivity index (χ3v) is 3.84. The molecule has 0 fully saturated rings. The van der Waals surface area contributed by atoms with E-state index in [4.69, 9.17) is 11.6 Å². The van der Waals surface area contributed by atoms with Gasteiger partial charge in [0, 0.05) is 24.6 Å². The lowest BCUT2D eigenvalue weighted by atomic mass is 10.3. The Bertz CT molecular complexity index is 462. The Labute approximate surface area is 123 Å². The molecule has 0 bridgehead atoms. The van der Waals surface area contributed by atoms with E-state index in [-0.39, 0.29) is 10.6 Å². The Morgan fingerprint density at radius 3 is 3.11 bits per heavy atom. The largest absolute Gasteiger partial charge is 0.382 e. The van der Waals surface area contributed by atoms with E-state index in [2.05, 4.69) is 23.9 Å². The number of nitrogens with one attached hydrogen (secondary N) is 1. The van der Waals surface area contributed by atoms with Crippen LogP contribution in [-0.4, -0.2) is 27.8 Å². The molecule has 0 aliphatic heterocycles. The smallest absolute Gasteiger partial charge is 0.287 e. The van der Waals surface area contributed by atoms with Crippen LogP contribution in [0.15, 0.2) is 23.6 Å². The highest BCUT2D eigenvalue weighted by Crippen LogP contribution is 2.15. The summed E-state index contributed by atoms with van der Waals surface area (Å²) >= 11 is 7.83. The number of aryl methyl sites for hydroxylation is 1. The van der Waals surface area contributed by atoms with Crippen molar-refractivity contribution in [2.45, 2.75) is 26.3 Å². The van der Waals surface area contributed by atoms with Crippen molar-refractivity contribution in [3.05, 3.63) is 34.2 Å². The average Bonchev–Trinajstić information content (AvgIpc) is 2.42. The lowest BCUT2D eigenvalue weighted by Crippen LogP contribution is -2.24. The van der Waals surface area contributed by atoms with Crippen molar-refractivity contribution in [1.82, 2.24) is 9.78 Å². The van der Waals surface area contributed by atoms with Crippen LogP contribution in [0.3, 0.4) is 0 Å². The van der Waals surface area contributed by atoms with E-state index in [0.717, 1.165) is 30.9 Å². The predicted octanol–water partition coefficient (Wildman–Crippen LogP) is 3.03. The van der Waals surface area contributed by atoms with Gasteiger partial charge in [-0.1, -0.05) is 31.0 Å². The first kappa shape index (κ1) is 16.1. The van der Waals surface area contributed by atoms with E-state index in [9.17, 15) is 4.79 Å². The van der Waals surface area contributed by atoms with Gasteiger partial charge >= 0.3 is 0 Å². The summed E-state index contributed by atoms with van der Waals surface area (Å²) in [6, 6.07) is 0. The van der Waals surface area contributed by atoms with Gasteiger partial charge in [0.2, 0.25) is 0 Å². The molecule has 0 amide bonds. The monoisotopic (exact) mass is 301 g/mol. The van der Waals surface area contributed by atoms with Crippen molar-refractivity contribution in [1.29, 1.82) is 0 Å². The molecule has 4 nitrogen and oxygen atoms in total. The zero-order chi connectivity index (χ0) is 14.1. The van der Waals surface area contributed by atoms with Gasteiger partial charge in [0.15, 0.2) is 0 Å². The fourth-order valence-electron chi connectivity index (χ4n) is 1.48. The van der Waals surface area contributed by atoms with Crippen LogP contribution >= 0.6 is 23.4 Å². The average molecular weight is 302 g/mol. The van der Waals surface area contributed by atoms with Gasteiger partial charge < -0.3 is 5.32 Å². The lowest BCUT2D eigenvalue weighted by Gasteiger charge is -2.09. The molecule has 0 saturated carbocycles. The minimum atomic E-state index is -0.223. The van der Waals surface area contributed by atoms with Crippen LogP contribution in [0.25, 0.3) is 0 Å². The molecule has 6 heteroatoms. The van der Waals surface area contributed by atoms with Gasteiger partial charge in [-0.2, -0.15) is 16.9 Å². The van der Waals surface area contributed by atoms with Gasteiger partial charge in [0.05, 0.1) is 11.9 Å². The first-order chi connectivity index (χ1) is 9.20. The zero-order valence-electron chi connectivity index (χ0n) is 11.2. The lowest BCUT2D eigenvalue weighted by molar-refractivity contribution is 0.543. The molecular formula is C13H20ClN3OS. The zero-order valence-corrected chi connectivity index (χ0v) is 12.8. The molecule has 1 aromatic heterocycles. The van der Waals surface area contributed by atoms with Crippen LogP contribution in [0.2, 0.25) is 5.02 Å². The van der Waals surface area contributed by atoms with E-state index in [1.807, 2.05) is 6.08 Å². The third-order valence-electron chi connectivity index (χ3n) is 2.51. The molecule has 1 heterocycles. The van der Waals surface area contributed by atoms with E-state index in [1.165, 1.54) is 4.68 Å². The first-order valence-corrected chi connectivity index (χ1v) is 7.92. The van der Waals surface area contributed by atoms with E-state index >= 15 is 0 Å². The first-order valence-electron chi connectivity index (χ1n) is 6.38. The topological polar surface area (TPSA) is 46.9 Å². The van der Waals surface area contributed by atoms with Crippen LogP contribution in [0.1, 0.15) is 19.8 Å². The van der Waals surface area contributed by atoms with Crippen LogP contribution in [0, 0.1) is 0 Å². The van der Waals surface area contributed by atoms with E-state index < -0.39 is 0 Å². The summed E-state index contributed by atoms with van der Waals surface area (Å²) in [5.74, 6) is 1.85. The second kappa shape index (κ2) is 9.04. The van der Waals surface area contributed by atoms with Gasteiger partial charge in [-0.15, -0.1) is 6.58 Å². The van der Waals surface area contributed by atoms with E-state index in [0.29, 0.717) is 12.2 Å². The highest BCUT2D eigenvalue weighted by Gasteiger charge is 2.08. The van der Waals surface area contributed by atoms with Crippen molar-refractivity contribution in [3.63, 3.8) is 0 Å². The maximum atomic E-state index is 11.9. The summed E-state index contributed by atoms with van der Waals surface area (Å²) in [6.07, 6.45) is 5.44. The molecule has 0 saturated heterocycles.